The summed E-state index contributed by atoms with van der Waals surface area (Å²) in [4.78, 5) is 12.0. The summed E-state index contributed by atoms with van der Waals surface area (Å²) in [6, 6.07) is 0.449. The molecule has 3 N–H and O–H groups in total. The number of nitrogens with two attached hydrogens (primary N) is 1. The molecule has 0 aromatic heterocycles. The van der Waals surface area contributed by atoms with Gasteiger partial charge in [0, 0.05) is 12.5 Å². The van der Waals surface area contributed by atoms with Crippen LogP contribution in [-0.2, 0) is 4.79 Å². The van der Waals surface area contributed by atoms with Crippen LogP contribution in [0.1, 0.15) is 78.1 Å². The van der Waals surface area contributed by atoms with E-state index in [1.165, 1.54) is 32.1 Å². The largest absolute Gasteiger partial charge is 0.353 e. The summed E-state index contributed by atoms with van der Waals surface area (Å²) >= 11 is 0. The molecule has 1 fully saturated rings. The molecule has 0 saturated heterocycles. The van der Waals surface area contributed by atoms with Crippen LogP contribution in [0, 0.1) is 11.8 Å². The zero-order valence-electron chi connectivity index (χ0n) is 13.5. The van der Waals surface area contributed by atoms with E-state index in [2.05, 4.69) is 19.2 Å². The highest BCUT2D eigenvalue weighted by Crippen LogP contribution is 2.30. The smallest absolute Gasteiger partial charge is 0.220 e. The van der Waals surface area contributed by atoms with Gasteiger partial charge >= 0.3 is 0 Å². The fourth-order valence-corrected chi connectivity index (χ4v) is 3.18. The van der Waals surface area contributed by atoms with E-state index in [9.17, 15) is 4.79 Å². The van der Waals surface area contributed by atoms with Gasteiger partial charge in [0.15, 0.2) is 0 Å². The molecule has 0 heterocycles. The Morgan fingerprint density at radius 3 is 2.65 bits per heavy atom. The van der Waals surface area contributed by atoms with Crippen LogP contribution in [0.15, 0.2) is 0 Å². The minimum atomic E-state index is 0.263. The highest BCUT2D eigenvalue weighted by atomic mass is 16.1. The van der Waals surface area contributed by atoms with Gasteiger partial charge in [-0.15, -0.1) is 0 Å². The zero-order valence-corrected chi connectivity index (χ0v) is 13.5. The molecule has 118 valence electrons. The van der Waals surface area contributed by atoms with Gasteiger partial charge in [-0.25, -0.2) is 0 Å². The van der Waals surface area contributed by atoms with Crippen molar-refractivity contribution < 1.29 is 4.79 Å². The van der Waals surface area contributed by atoms with E-state index in [-0.39, 0.29) is 5.91 Å². The average molecular weight is 282 g/mol. The van der Waals surface area contributed by atoms with E-state index in [0.717, 1.165) is 44.1 Å². The van der Waals surface area contributed by atoms with Crippen LogP contribution >= 0.6 is 0 Å². The Bertz CT molecular complexity index is 266. The van der Waals surface area contributed by atoms with Crippen molar-refractivity contribution in [2.45, 2.75) is 84.1 Å². The lowest BCUT2D eigenvalue weighted by atomic mass is 9.93. The van der Waals surface area contributed by atoms with Gasteiger partial charge in [-0.2, -0.15) is 0 Å². The Balaban J connectivity index is 2.16. The number of carbonyl (C=O) groups excluding carboxylic acids is 1. The zero-order chi connectivity index (χ0) is 14.8. The Hall–Kier alpha value is -0.570. The van der Waals surface area contributed by atoms with Crippen molar-refractivity contribution in [3.8, 4) is 0 Å². The molecule has 1 amide bonds. The van der Waals surface area contributed by atoms with Crippen molar-refractivity contribution in [2.24, 2.45) is 17.6 Å². The molecule has 0 aromatic rings. The molecule has 0 bridgehead atoms. The maximum Gasteiger partial charge on any atom is 0.220 e. The maximum atomic E-state index is 12.0. The average Bonchev–Trinajstić information content (AvgIpc) is 2.83. The molecule has 20 heavy (non-hydrogen) atoms. The van der Waals surface area contributed by atoms with E-state index >= 15 is 0 Å². The second-order valence-electron chi connectivity index (χ2n) is 6.79. The summed E-state index contributed by atoms with van der Waals surface area (Å²) in [6.45, 7) is 5.33. The molecule has 3 nitrogen and oxygen atoms in total. The Morgan fingerprint density at radius 1 is 1.20 bits per heavy atom. The Morgan fingerprint density at radius 2 is 1.95 bits per heavy atom. The molecule has 0 spiro atoms. The SMILES string of the molecule is CC(C)CCC1CCCC1NC(=O)CCCCCCN. The molecular formula is C17H34N2O. The van der Waals surface area contributed by atoms with Crippen LogP contribution < -0.4 is 11.1 Å². The highest BCUT2D eigenvalue weighted by molar-refractivity contribution is 5.76. The van der Waals surface area contributed by atoms with Gasteiger partial charge in [0.05, 0.1) is 0 Å². The molecule has 0 aromatic carbocycles. The van der Waals surface area contributed by atoms with Crippen LogP contribution in [0.2, 0.25) is 0 Å². The van der Waals surface area contributed by atoms with Crippen LogP contribution in [0.5, 0.6) is 0 Å². The number of unbranched alkanes of at least 4 members (excludes halogenated alkanes) is 3. The van der Waals surface area contributed by atoms with Gasteiger partial charge in [0.25, 0.3) is 0 Å². The summed E-state index contributed by atoms with van der Waals surface area (Å²) in [5.41, 5.74) is 5.47. The number of carbonyl (C=O) groups is 1. The van der Waals surface area contributed by atoms with E-state index in [0.29, 0.717) is 12.5 Å². The maximum absolute atomic E-state index is 12.0. The molecule has 0 radical (unpaired) electrons. The second-order valence-corrected chi connectivity index (χ2v) is 6.79. The lowest BCUT2D eigenvalue weighted by Gasteiger charge is -2.21. The number of amides is 1. The van der Waals surface area contributed by atoms with Crippen LogP contribution in [0.25, 0.3) is 0 Å². The normalized spacial score (nSPS) is 22.4. The van der Waals surface area contributed by atoms with Crippen molar-refractivity contribution in [1.82, 2.24) is 5.32 Å². The van der Waals surface area contributed by atoms with Crippen molar-refractivity contribution in [1.29, 1.82) is 0 Å². The van der Waals surface area contributed by atoms with E-state index in [4.69, 9.17) is 5.73 Å². The second kappa shape index (κ2) is 10.2. The third-order valence-corrected chi connectivity index (χ3v) is 4.48. The van der Waals surface area contributed by atoms with E-state index in [1.807, 2.05) is 0 Å². The van der Waals surface area contributed by atoms with Gasteiger partial charge in [0.1, 0.15) is 0 Å². The molecule has 3 heteroatoms. The molecular weight excluding hydrogens is 248 g/mol. The number of rotatable bonds is 10. The lowest BCUT2D eigenvalue weighted by molar-refractivity contribution is -0.122. The summed E-state index contributed by atoms with van der Waals surface area (Å²) in [5.74, 6) is 1.76. The molecule has 1 aliphatic carbocycles. The number of nitrogens with one attached hydrogen (secondary N) is 1. The summed E-state index contributed by atoms with van der Waals surface area (Å²) in [5, 5.41) is 3.28. The highest BCUT2D eigenvalue weighted by Gasteiger charge is 2.27. The van der Waals surface area contributed by atoms with Gasteiger partial charge in [-0.05, 0) is 50.5 Å². The van der Waals surface area contributed by atoms with E-state index < -0.39 is 0 Å². The summed E-state index contributed by atoms with van der Waals surface area (Å²) in [7, 11) is 0. The van der Waals surface area contributed by atoms with Crippen LogP contribution in [0.3, 0.4) is 0 Å². The standard InChI is InChI=1S/C17H34N2O/c1-14(2)11-12-15-8-7-9-16(15)19-17(20)10-5-3-4-6-13-18/h14-16H,3-13,18H2,1-2H3,(H,19,20). The molecule has 1 saturated carbocycles. The fraction of sp³-hybridized carbons (Fsp3) is 0.941. The molecule has 2 atom stereocenters. The lowest BCUT2D eigenvalue weighted by Crippen LogP contribution is -2.37. The molecule has 2 unspecified atom stereocenters. The van der Waals surface area contributed by atoms with Gasteiger partial charge < -0.3 is 11.1 Å². The minimum absolute atomic E-state index is 0.263. The van der Waals surface area contributed by atoms with Gasteiger partial charge in [-0.3, -0.25) is 4.79 Å². The molecule has 0 aliphatic heterocycles. The van der Waals surface area contributed by atoms with Crippen molar-refractivity contribution in [3.05, 3.63) is 0 Å². The number of hydrogen-bond donors (Lipinski definition) is 2. The first-order valence-corrected chi connectivity index (χ1v) is 8.63. The van der Waals surface area contributed by atoms with Crippen molar-refractivity contribution in [2.75, 3.05) is 6.54 Å². The first kappa shape index (κ1) is 17.5. The van der Waals surface area contributed by atoms with Gasteiger partial charge in [0.2, 0.25) is 5.91 Å². The molecule has 1 aliphatic rings. The predicted molar refractivity (Wildman–Crippen MR) is 85.5 cm³/mol. The minimum Gasteiger partial charge on any atom is -0.353 e. The third kappa shape index (κ3) is 7.28. The fourth-order valence-electron chi connectivity index (χ4n) is 3.18. The van der Waals surface area contributed by atoms with Crippen LogP contribution in [-0.4, -0.2) is 18.5 Å². The Kier molecular flexibility index (Phi) is 8.92. The monoisotopic (exact) mass is 282 g/mol. The van der Waals surface area contributed by atoms with Crippen molar-refractivity contribution in [3.63, 3.8) is 0 Å². The predicted octanol–water partition coefficient (Wildman–Crippen LogP) is 3.62. The summed E-state index contributed by atoms with van der Waals surface area (Å²) in [6.07, 6.45) is 11.4. The molecule has 1 rings (SSSR count). The first-order chi connectivity index (χ1) is 9.63. The summed E-state index contributed by atoms with van der Waals surface area (Å²) < 4.78 is 0. The van der Waals surface area contributed by atoms with Crippen molar-refractivity contribution >= 4 is 5.91 Å². The number of hydrogen-bond acceptors (Lipinski definition) is 2. The topological polar surface area (TPSA) is 55.1 Å². The van der Waals surface area contributed by atoms with Gasteiger partial charge in [-0.1, -0.05) is 39.5 Å². The third-order valence-electron chi connectivity index (χ3n) is 4.48. The first-order valence-electron chi connectivity index (χ1n) is 8.63. The van der Waals surface area contributed by atoms with Crippen LogP contribution in [0.4, 0.5) is 0 Å². The Labute approximate surface area is 125 Å². The quantitative estimate of drug-likeness (QED) is 0.601. The van der Waals surface area contributed by atoms with E-state index in [1.54, 1.807) is 0 Å².